The summed E-state index contributed by atoms with van der Waals surface area (Å²) >= 11 is 0. The van der Waals surface area contributed by atoms with Crippen LogP contribution in [-0.2, 0) is 11.2 Å². The number of unbranched alkanes of at least 4 members (excludes halogenated alkanes) is 2. The van der Waals surface area contributed by atoms with E-state index < -0.39 is 5.91 Å². The minimum Gasteiger partial charge on any atom is -0.497 e. The normalized spacial score (nSPS) is 10.7. The van der Waals surface area contributed by atoms with Crippen molar-refractivity contribution in [3.63, 3.8) is 0 Å². The average Bonchev–Trinajstić information content (AvgIpc) is 3.09. The van der Waals surface area contributed by atoms with Crippen molar-refractivity contribution in [3.8, 4) is 5.75 Å². The number of rotatable bonds is 8. The van der Waals surface area contributed by atoms with Crippen molar-refractivity contribution < 1.29 is 18.7 Å². The van der Waals surface area contributed by atoms with E-state index in [9.17, 15) is 9.59 Å². The van der Waals surface area contributed by atoms with Crippen molar-refractivity contribution in [1.82, 2.24) is 10.9 Å². The van der Waals surface area contributed by atoms with Gasteiger partial charge in [-0.2, -0.15) is 0 Å². The van der Waals surface area contributed by atoms with Crippen molar-refractivity contribution in [2.75, 3.05) is 7.11 Å². The van der Waals surface area contributed by atoms with Gasteiger partial charge in [0.1, 0.15) is 11.3 Å². The summed E-state index contributed by atoms with van der Waals surface area (Å²) < 4.78 is 10.7. The van der Waals surface area contributed by atoms with Crippen LogP contribution >= 0.6 is 0 Å². The number of para-hydroxylation sites is 1. The van der Waals surface area contributed by atoms with Gasteiger partial charge in [-0.05, 0) is 49.9 Å². The van der Waals surface area contributed by atoms with E-state index in [1.807, 2.05) is 43.3 Å². The molecule has 0 aliphatic carbocycles. The molecule has 1 heterocycles. The summed E-state index contributed by atoms with van der Waals surface area (Å²) in [5.41, 5.74) is 7.56. The van der Waals surface area contributed by atoms with Gasteiger partial charge in [0, 0.05) is 17.4 Å². The first-order valence-electron chi connectivity index (χ1n) is 9.78. The van der Waals surface area contributed by atoms with Crippen LogP contribution in [-0.4, -0.2) is 18.9 Å². The lowest BCUT2D eigenvalue weighted by Gasteiger charge is -2.07. The van der Waals surface area contributed by atoms with Crippen LogP contribution in [0.15, 0.2) is 52.9 Å². The second-order valence-corrected chi connectivity index (χ2v) is 6.96. The van der Waals surface area contributed by atoms with Gasteiger partial charge in [-0.15, -0.1) is 0 Å². The number of carbonyl (C=O) groups excluding carboxylic acids is 2. The number of hydrogen-bond acceptors (Lipinski definition) is 4. The van der Waals surface area contributed by atoms with Crippen LogP contribution in [0.4, 0.5) is 0 Å². The molecule has 3 aromatic rings. The van der Waals surface area contributed by atoms with Crippen LogP contribution in [0.5, 0.6) is 5.75 Å². The first-order valence-corrected chi connectivity index (χ1v) is 9.78. The zero-order valence-electron chi connectivity index (χ0n) is 16.8. The Morgan fingerprint density at radius 1 is 0.966 bits per heavy atom. The number of furan rings is 1. The Labute approximate surface area is 170 Å². The number of carbonyl (C=O) groups is 2. The summed E-state index contributed by atoms with van der Waals surface area (Å²) in [7, 11) is 1.65. The molecule has 3 rings (SSSR count). The lowest BCUT2D eigenvalue weighted by Crippen LogP contribution is -2.41. The Morgan fingerprint density at radius 3 is 2.45 bits per heavy atom. The Bertz CT molecular complexity index is 976. The van der Waals surface area contributed by atoms with E-state index in [-0.39, 0.29) is 11.7 Å². The van der Waals surface area contributed by atoms with Crippen LogP contribution in [0.2, 0.25) is 0 Å². The Hall–Kier alpha value is -3.28. The highest BCUT2D eigenvalue weighted by atomic mass is 16.5. The standard InChI is InChI=1S/C23H26N2O4/c1-16-19-9-6-7-10-20(19)29-22(16)23(27)25-24-21(26)11-5-3-4-8-17-12-14-18(28-2)15-13-17/h6-7,9-10,12-15H,3-5,8,11H2,1-2H3,(H,24,26)(H,25,27). The third kappa shape index (κ3) is 5.38. The Kier molecular flexibility index (Phi) is 6.89. The van der Waals surface area contributed by atoms with Gasteiger partial charge in [-0.1, -0.05) is 36.8 Å². The smallest absolute Gasteiger partial charge is 0.305 e. The second-order valence-electron chi connectivity index (χ2n) is 6.96. The fourth-order valence-corrected chi connectivity index (χ4v) is 3.22. The first kappa shape index (κ1) is 20.5. The van der Waals surface area contributed by atoms with Gasteiger partial charge in [-0.25, -0.2) is 0 Å². The highest BCUT2D eigenvalue weighted by molar-refractivity contribution is 5.99. The zero-order valence-corrected chi connectivity index (χ0v) is 16.8. The summed E-state index contributed by atoms with van der Waals surface area (Å²) in [6.07, 6.45) is 4.04. The second kappa shape index (κ2) is 9.78. The van der Waals surface area contributed by atoms with Crippen LogP contribution in [0, 0.1) is 6.92 Å². The summed E-state index contributed by atoms with van der Waals surface area (Å²) in [5, 5.41) is 0.890. The van der Waals surface area contributed by atoms with Gasteiger partial charge in [-0.3, -0.25) is 20.4 Å². The molecule has 152 valence electrons. The largest absolute Gasteiger partial charge is 0.497 e. The van der Waals surface area contributed by atoms with E-state index in [1.54, 1.807) is 7.11 Å². The zero-order chi connectivity index (χ0) is 20.6. The van der Waals surface area contributed by atoms with Crippen molar-refractivity contribution in [1.29, 1.82) is 0 Å². The van der Waals surface area contributed by atoms with Crippen LogP contribution < -0.4 is 15.6 Å². The molecule has 2 aromatic carbocycles. The van der Waals surface area contributed by atoms with Gasteiger partial charge >= 0.3 is 5.91 Å². The molecule has 1 aromatic heterocycles. The molecule has 0 bridgehead atoms. The molecule has 0 aliphatic heterocycles. The highest BCUT2D eigenvalue weighted by Crippen LogP contribution is 2.24. The maximum Gasteiger partial charge on any atom is 0.305 e. The van der Waals surface area contributed by atoms with Crippen molar-refractivity contribution in [2.24, 2.45) is 0 Å². The number of benzene rings is 2. The van der Waals surface area contributed by atoms with E-state index in [1.165, 1.54) is 5.56 Å². The molecule has 0 radical (unpaired) electrons. The lowest BCUT2D eigenvalue weighted by atomic mass is 10.1. The van der Waals surface area contributed by atoms with Gasteiger partial charge in [0.05, 0.1) is 7.11 Å². The summed E-state index contributed by atoms with van der Waals surface area (Å²) in [6, 6.07) is 15.5. The van der Waals surface area contributed by atoms with Gasteiger partial charge < -0.3 is 9.15 Å². The molecule has 2 N–H and O–H groups in total. The highest BCUT2D eigenvalue weighted by Gasteiger charge is 2.17. The average molecular weight is 394 g/mol. The molecule has 6 nitrogen and oxygen atoms in total. The Morgan fingerprint density at radius 2 is 1.72 bits per heavy atom. The number of amides is 2. The molecule has 0 saturated heterocycles. The molecule has 0 atom stereocenters. The van der Waals surface area contributed by atoms with Crippen LogP contribution in [0.3, 0.4) is 0 Å². The molecule has 0 fully saturated rings. The van der Waals surface area contributed by atoms with Gasteiger partial charge in [0.15, 0.2) is 5.76 Å². The number of methoxy groups -OCH3 is 1. The summed E-state index contributed by atoms with van der Waals surface area (Å²) in [5.74, 6) is 0.402. The monoisotopic (exact) mass is 394 g/mol. The number of hydrogen-bond donors (Lipinski definition) is 2. The molecule has 6 heteroatoms. The third-order valence-electron chi connectivity index (χ3n) is 4.89. The van der Waals surface area contributed by atoms with Crippen molar-refractivity contribution >= 4 is 22.8 Å². The SMILES string of the molecule is COc1ccc(CCCCCC(=O)NNC(=O)c2oc3ccccc3c2C)cc1. The topological polar surface area (TPSA) is 80.6 Å². The molecule has 2 amide bonds. The molecular formula is C23H26N2O4. The number of ether oxygens (including phenoxy) is 1. The predicted octanol–water partition coefficient (Wildman–Crippen LogP) is 4.31. The number of fused-ring (bicyclic) bond motifs is 1. The maximum absolute atomic E-state index is 12.3. The minimum atomic E-state index is -0.452. The molecule has 0 spiro atoms. The van der Waals surface area contributed by atoms with Gasteiger partial charge in [0.25, 0.3) is 0 Å². The van der Waals surface area contributed by atoms with Crippen molar-refractivity contribution in [2.45, 2.75) is 39.0 Å². The molecule has 0 saturated carbocycles. The van der Waals surface area contributed by atoms with E-state index in [0.29, 0.717) is 12.0 Å². The minimum absolute atomic E-state index is 0.212. The number of aryl methyl sites for hydroxylation is 2. The fraction of sp³-hybridized carbons (Fsp3) is 0.304. The third-order valence-corrected chi connectivity index (χ3v) is 4.89. The van der Waals surface area contributed by atoms with Crippen molar-refractivity contribution in [3.05, 3.63) is 65.4 Å². The van der Waals surface area contributed by atoms with E-state index in [0.717, 1.165) is 42.4 Å². The first-order chi connectivity index (χ1) is 14.1. The summed E-state index contributed by atoms with van der Waals surface area (Å²) in [6.45, 7) is 1.82. The maximum atomic E-state index is 12.3. The number of hydrazine groups is 1. The molecule has 29 heavy (non-hydrogen) atoms. The molecule has 0 unspecified atom stereocenters. The van der Waals surface area contributed by atoms with E-state index in [4.69, 9.17) is 9.15 Å². The lowest BCUT2D eigenvalue weighted by molar-refractivity contribution is -0.122. The van der Waals surface area contributed by atoms with Gasteiger partial charge in [0.2, 0.25) is 5.91 Å². The predicted molar refractivity (Wildman–Crippen MR) is 112 cm³/mol. The van der Waals surface area contributed by atoms with Crippen LogP contribution in [0.25, 0.3) is 11.0 Å². The fourth-order valence-electron chi connectivity index (χ4n) is 3.22. The van der Waals surface area contributed by atoms with E-state index in [2.05, 4.69) is 23.0 Å². The van der Waals surface area contributed by atoms with Crippen LogP contribution in [0.1, 0.15) is 47.4 Å². The van der Waals surface area contributed by atoms with E-state index >= 15 is 0 Å². The number of nitrogens with one attached hydrogen (secondary N) is 2. The molecule has 0 aliphatic rings. The molecular weight excluding hydrogens is 368 g/mol. The summed E-state index contributed by atoms with van der Waals surface area (Å²) in [4.78, 5) is 24.3. The Balaban J connectivity index is 1.36. The quantitative estimate of drug-likeness (QED) is 0.441.